The molecular formula is C21H17ClN4O. The Labute approximate surface area is 161 Å². The molecule has 0 bridgehead atoms. The van der Waals surface area contributed by atoms with Crippen LogP contribution in [0.3, 0.4) is 0 Å². The van der Waals surface area contributed by atoms with E-state index >= 15 is 0 Å². The van der Waals surface area contributed by atoms with Gasteiger partial charge >= 0.3 is 0 Å². The number of hydrogen-bond donors (Lipinski definition) is 1. The number of anilines is 1. The Morgan fingerprint density at radius 2 is 1.74 bits per heavy atom. The van der Waals surface area contributed by atoms with Gasteiger partial charge in [0.25, 0.3) is 5.91 Å². The Kier molecular flexibility index (Phi) is 4.38. The van der Waals surface area contributed by atoms with E-state index in [1.165, 1.54) is 6.20 Å². The van der Waals surface area contributed by atoms with Crippen LogP contribution in [0.4, 0.5) is 5.82 Å². The molecule has 0 atom stereocenters. The first-order chi connectivity index (χ1) is 13.0. The molecule has 0 saturated heterocycles. The SMILES string of the molecule is Cc1ccc(-c2nc3ccc(C)cn3c2C(=O)Nc2ccc(Cl)cn2)cc1. The first kappa shape index (κ1) is 17.2. The van der Waals surface area contributed by atoms with Crippen LogP contribution in [0.1, 0.15) is 21.6 Å². The van der Waals surface area contributed by atoms with Gasteiger partial charge in [-0.2, -0.15) is 0 Å². The Bertz CT molecular complexity index is 1130. The maximum absolute atomic E-state index is 13.1. The van der Waals surface area contributed by atoms with E-state index in [9.17, 15) is 4.79 Å². The predicted octanol–water partition coefficient (Wildman–Crippen LogP) is 4.92. The molecule has 4 aromatic rings. The van der Waals surface area contributed by atoms with Crippen molar-refractivity contribution < 1.29 is 4.79 Å². The van der Waals surface area contributed by atoms with Crippen LogP contribution in [-0.4, -0.2) is 20.3 Å². The van der Waals surface area contributed by atoms with Crippen molar-refractivity contribution in [3.8, 4) is 11.3 Å². The third kappa shape index (κ3) is 3.41. The lowest BCUT2D eigenvalue weighted by molar-refractivity contribution is 0.102. The molecule has 5 nitrogen and oxygen atoms in total. The van der Waals surface area contributed by atoms with Crippen molar-refractivity contribution in [3.05, 3.63) is 82.8 Å². The Balaban J connectivity index is 1.84. The van der Waals surface area contributed by atoms with E-state index < -0.39 is 0 Å². The van der Waals surface area contributed by atoms with Crippen molar-refractivity contribution in [1.82, 2.24) is 14.4 Å². The van der Waals surface area contributed by atoms with Crippen LogP contribution in [0.2, 0.25) is 5.02 Å². The van der Waals surface area contributed by atoms with E-state index in [1.54, 1.807) is 12.1 Å². The standard InChI is InChI=1S/C21H17ClN4O/c1-13-3-6-15(7-4-13)19-20(26-12-14(2)5-10-18(26)25-19)21(27)24-17-9-8-16(22)11-23-17/h3-12H,1-2H3,(H,23,24,27). The molecule has 27 heavy (non-hydrogen) atoms. The Hall–Kier alpha value is -3.18. The van der Waals surface area contributed by atoms with Gasteiger partial charge in [0.05, 0.1) is 5.02 Å². The number of rotatable bonds is 3. The molecule has 0 radical (unpaired) electrons. The van der Waals surface area contributed by atoms with Crippen molar-refractivity contribution in [3.63, 3.8) is 0 Å². The molecule has 1 N–H and O–H groups in total. The molecule has 0 aliphatic carbocycles. The van der Waals surface area contributed by atoms with Gasteiger partial charge in [0.2, 0.25) is 0 Å². The average Bonchev–Trinajstić information content (AvgIpc) is 3.03. The molecule has 0 aliphatic rings. The van der Waals surface area contributed by atoms with E-state index in [0.29, 0.717) is 27.9 Å². The summed E-state index contributed by atoms with van der Waals surface area (Å²) in [6.45, 7) is 4.00. The Morgan fingerprint density at radius 3 is 2.44 bits per heavy atom. The lowest BCUT2D eigenvalue weighted by Crippen LogP contribution is -2.16. The molecule has 0 spiro atoms. The minimum Gasteiger partial charge on any atom is -0.305 e. The molecule has 0 fully saturated rings. The van der Waals surface area contributed by atoms with E-state index in [-0.39, 0.29) is 5.91 Å². The number of halogens is 1. The van der Waals surface area contributed by atoms with E-state index in [2.05, 4.69) is 10.3 Å². The lowest BCUT2D eigenvalue weighted by Gasteiger charge is -2.07. The molecule has 1 aromatic carbocycles. The molecule has 3 aromatic heterocycles. The summed E-state index contributed by atoms with van der Waals surface area (Å²) in [6, 6.07) is 15.2. The minimum absolute atomic E-state index is 0.279. The fourth-order valence-electron chi connectivity index (χ4n) is 2.91. The van der Waals surface area contributed by atoms with Crippen LogP contribution in [0.25, 0.3) is 16.9 Å². The number of carbonyl (C=O) groups is 1. The second-order valence-electron chi connectivity index (χ2n) is 6.43. The molecule has 4 rings (SSSR count). The number of nitrogens with zero attached hydrogens (tertiary/aromatic N) is 3. The molecule has 134 valence electrons. The summed E-state index contributed by atoms with van der Waals surface area (Å²) in [5.41, 5.74) is 4.88. The molecule has 0 saturated carbocycles. The van der Waals surface area contributed by atoms with Crippen LogP contribution < -0.4 is 5.32 Å². The van der Waals surface area contributed by atoms with Gasteiger partial charge in [0, 0.05) is 18.0 Å². The smallest absolute Gasteiger partial charge is 0.276 e. The summed E-state index contributed by atoms with van der Waals surface area (Å²) in [4.78, 5) is 21.9. The summed E-state index contributed by atoms with van der Waals surface area (Å²) in [5, 5.41) is 3.35. The van der Waals surface area contributed by atoms with Crippen LogP contribution in [-0.2, 0) is 0 Å². The first-order valence-corrected chi connectivity index (χ1v) is 8.88. The zero-order chi connectivity index (χ0) is 19.0. The van der Waals surface area contributed by atoms with E-state index in [4.69, 9.17) is 16.6 Å². The van der Waals surface area contributed by atoms with Gasteiger partial charge in [-0.1, -0.05) is 47.5 Å². The lowest BCUT2D eigenvalue weighted by atomic mass is 10.1. The molecule has 1 amide bonds. The zero-order valence-corrected chi connectivity index (χ0v) is 15.7. The van der Waals surface area contributed by atoms with E-state index in [0.717, 1.165) is 16.7 Å². The van der Waals surface area contributed by atoms with Gasteiger partial charge in [0.1, 0.15) is 22.9 Å². The summed E-state index contributed by atoms with van der Waals surface area (Å²) < 4.78 is 1.82. The maximum atomic E-state index is 13.1. The zero-order valence-electron chi connectivity index (χ0n) is 14.9. The number of hydrogen-bond acceptors (Lipinski definition) is 3. The van der Waals surface area contributed by atoms with Crippen molar-refractivity contribution >= 4 is 29.0 Å². The van der Waals surface area contributed by atoms with Gasteiger partial charge in [0.15, 0.2) is 0 Å². The number of pyridine rings is 2. The Morgan fingerprint density at radius 1 is 1.00 bits per heavy atom. The third-order valence-electron chi connectivity index (χ3n) is 4.28. The summed E-state index contributed by atoms with van der Waals surface area (Å²) >= 11 is 5.87. The predicted molar refractivity (Wildman–Crippen MR) is 107 cm³/mol. The minimum atomic E-state index is -0.279. The second kappa shape index (κ2) is 6.85. The highest BCUT2D eigenvalue weighted by molar-refractivity contribution is 6.30. The fourth-order valence-corrected chi connectivity index (χ4v) is 3.02. The average molecular weight is 377 g/mol. The van der Waals surface area contributed by atoms with Crippen molar-refractivity contribution in [1.29, 1.82) is 0 Å². The first-order valence-electron chi connectivity index (χ1n) is 8.50. The largest absolute Gasteiger partial charge is 0.305 e. The van der Waals surface area contributed by atoms with Gasteiger partial charge in [-0.25, -0.2) is 9.97 Å². The number of aromatic nitrogens is 3. The third-order valence-corrected chi connectivity index (χ3v) is 4.50. The highest BCUT2D eigenvalue weighted by Gasteiger charge is 2.21. The molecule has 6 heteroatoms. The highest BCUT2D eigenvalue weighted by atomic mass is 35.5. The number of amides is 1. The number of benzene rings is 1. The monoisotopic (exact) mass is 376 g/mol. The van der Waals surface area contributed by atoms with Crippen LogP contribution in [0.5, 0.6) is 0 Å². The van der Waals surface area contributed by atoms with Gasteiger partial charge < -0.3 is 5.32 Å². The molecule has 3 heterocycles. The molecule has 0 aliphatic heterocycles. The fraction of sp³-hybridized carbons (Fsp3) is 0.0952. The quantitative estimate of drug-likeness (QED) is 0.552. The number of imidazole rings is 1. The van der Waals surface area contributed by atoms with Crippen molar-refractivity contribution in [2.75, 3.05) is 5.32 Å². The van der Waals surface area contributed by atoms with Crippen LogP contribution >= 0.6 is 11.6 Å². The van der Waals surface area contributed by atoms with Crippen LogP contribution in [0, 0.1) is 13.8 Å². The number of carbonyl (C=O) groups excluding carboxylic acids is 1. The summed E-state index contributed by atoms with van der Waals surface area (Å²) in [5.74, 6) is 0.153. The van der Waals surface area contributed by atoms with E-state index in [1.807, 2.05) is 60.8 Å². The molecule has 0 unspecified atom stereocenters. The van der Waals surface area contributed by atoms with Crippen molar-refractivity contribution in [2.45, 2.75) is 13.8 Å². The number of nitrogens with one attached hydrogen (secondary N) is 1. The van der Waals surface area contributed by atoms with Gasteiger partial charge in [-0.3, -0.25) is 9.20 Å². The number of fused-ring (bicyclic) bond motifs is 1. The maximum Gasteiger partial charge on any atom is 0.276 e. The van der Waals surface area contributed by atoms with Gasteiger partial charge in [-0.15, -0.1) is 0 Å². The topological polar surface area (TPSA) is 59.3 Å². The summed E-state index contributed by atoms with van der Waals surface area (Å²) in [6.07, 6.45) is 3.40. The van der Waals surface area contributed by atoms with Crippen molar-refractivity contribution in [2.24, 2.45) is 0 Å². The second-order valence-corrected chi connectivity index (χ2v) is 6.86. The normalized spacial score (nSPS) is 10.9. The number of aryl methyl sites for hydroxylation is 2. The van der Waals surface area contributed by atoms with Crippen LogP contribution in [0.15, 0.2) is 60.9 Å². The van der Waals surface area contributed by atoms with Gasteiger partial charge in [-0.05, 0) is 37.6 Å². The highest BCUT2D eigenvalue weighted by Crippen LogP contribution is 2.26. The summed E-state index contributed by atoms with van der Waals surface area (Å²) in [7, 11) is 0. The molecular weight excluding hydrogens is 360 g/mol.